The topological polar surface area (TPSA) is 103 Å². The molecule has 1 saturated heterocycles. The van der Waals surface area contributed by atoms with Gasteiger partial charge in [-0.05, 0) is 24.3 Å². The number of imide groups is 1. The van der Waals surface area contributed by atoms with Gasteiger partial charge in [0.25, 0.3) is 5.91 Å². The van der Waals surface area contributed by atoms with Crippen LogP contribution in [0.1, 0.15) is 0 Å². The summed E-state index contributed by atoms with van der Waals surface area (Å²) in [5.41, 5.74) is 1.90. The van der Waals surface area contributed by atoms with Crippen LogP contribution in [0.15, 0.2) is 54.7 Å². The fourth-order valence-corrected chi connectivity index (χ4v) is 3.88. The Morgan fingerprint density at radius 2 is 1.85 bits per heavy atom. The second-order valence-electron chi connectivity index (χ2n) is 7.68. The van der Waals surface area contributed by atoms with Gasteiger partial charge in [0.2, 0.25) is 11.8 Å². The van der Waals surface area contributed by atoms with E-state index in [0.717, 1.165) is 5.56 Å². The number of carbonyl (C=O) groups excluding carboxylic acids is 2. The predicted octanol–water partition coefficient (Wildman–Crippen LogP) is 2.77. The van der Waals surface area contributed by atoms with E-state index in [0.29, 0.717) is 34.6 Å². The third-order valence-corrected chi connectivity index (χ3v) is 5.58. The number of nitrogens with zero attached hydrogens (tertiary/aromatic N) is 4. The molecule has 4 heterocycles. The molecule has 10 nitrogen and oxygen atoms in total. The SMILES string of the molecule is COc1ccc(N2CC(=O)N(CC3COc4cccc(-c5cccc(OC)n5)c4O3)C2=O)cn1. The van der Waals surface area contributed by atoms with Crippen molar-refractivity contribution < 1.29 is 28.5 Å². The van der Waals surface area contributed by atoms with Crippen LogP contribution in [0, 0.1) is 0 Å². The predicted molar refractivity (Wildman–Crippen MR) is 121 cm³/mol. The first-order valence-corrected chi connectivity index (χ1v) is 10.6. The van der Waals surface area contributed by atoms with Crippen LogP contribution in [0.2, 0.25) is 0 Å². The number of aromatic nitrogens is 2. The summed E-state index contributed by atoms with van der Waals surface area (Å²) in [5, 5.41) is 0. The minimum absolute atomic E-state index is 0.0526. The van der Waals surface area contributed by atoms with Crippen molar-refractivity contribution in [3.05, 3.63) is 54.7 Å². The first kappa shape index (κ1) is 21.5. The third kappa shape index (κ3) is 3.94. The number of rotatable bonds is 6. The Labute approximate surface area is 195 Å². The van der Waals surface area contributed by atoms with Gasteiger partial charge >= 0.3 is 6.03 Å². The monoisotopic (exact) mass is 462 g/mol. The average molecular weight is 462 g/mol. The number of methoxy groups -OCH3 is 2. The van der Waals surface area contributed by atoms with Crippen LogP contribution in [0.4, 0.5) is 10.5 Å². The van der Waals surface area contributed by atoms with Gasteiger partial charge in [-0.1, -0.05) is 12.1 Å². The molecule has 174 valence electrons. The maximum atomic E-state index is 13.0. The molecule has 2 aliphatic heterocycles. The van der Waals surface area contributed by atoms with E-state index in [-0.39, 0.29) is 25.6 Å². The standard InChI is InChI=1S/C24H22N4O6/c1-31-20-10-9-15(11-25-20)27-13-22(29)28(24(27)30)12-16-14-33-19-7-3-5-17(23(19)34-16)18-6-4-8-21(26-18)32-2/h3-11,16H,12-14H2,1-2H3. The van der Waals surface area contributed by atoms with Gasteiger partial charge in [-0.25, -0.2) is 14.8 Å². The van der Waals surface area contributed by atoms with Crippen LogP contribution < -0.4 is 23.8 Å². The molecule has 0 saturated carbocycles. The molecule has 2 aliphatic rings. The Hall–Kier alpha value is -4.34. The van der Waals surface area contributed by atoms with Gasteiger partial charge in [0.05, 0.1) is 38.3 Å². The molecule has 0 bridgehead atoms. The zero-order valence-corrected chi connectivity index (χ0v) is 18.6. The van der Waals surface area contributed by atoms with Crippen molar-refractivity contribution >= 4 is 17.6 Å². The molecule has 2 aromatic heterocycles. The van der Waals surface area contributed by atoms with Crippen molar-refractivity contribution in [2.24, 2.45) is 0 Å². The Kier molecular flexibility index (Phi) is 5.62. The van der Waals surface area contributed by atoms with Crippen LogP contribution in [0.25, 0.3) is 11.3 Å². The highest BCUT2D eigenvalue weighted by Gasteiger charge is 2.39. The summed E-state index contributed by atoms with van der Waals surface area (Å²) in [7, 11) is 3.06. The number of benzene rings is 1. The smallest absolute Gasteiger partial charge is 0.331 e. The van der Waals surface area contributed by atoms with Crippen molar-refractivity contribution in [2.45, 2.75) is 6.10 Å². The molecule has 10 heteroatoms. The van der Waals surface area contributed by atoms with Crippen LogP contribution in [-0.4, -0.2) is 66.8 Å². The summed E-state index contributed by atoms with van der Waals surface area (Å²) < 4.78 is 22.4. The van der Waals surface area contributed by atoms with Crippen molar-refractivity contribution in [3.8, 4) is 34.5 Å². The van der Waals surface area contributed by atoms with Gasteiger partial charge in [-0.3, -0.25) is 14.6 Å². The van der Waals surface area contributed by atoms with E-state index in [1.165, 1.54) is 23.1 Å². The first-order chi connectivity index (χ1) is 16.6. The second-order valence-corrected chi connectivity index (χ2v) is 7.68. The molecule has 1 fully saturated rings. The molecule has 3 aromatic rings. The molecule has 5 rings (SSSR count). The van der Waals surface area contributed by atoms with E-state index in [2.05, 4.69) is 9.97 Å². The summed E-state index contributed by atoms with van der Waals surface area (Å²) in [6.45, 7) is 0.177. The van der Waals surface area contributed by atoms with Gasteiger partial charge < -0.3 is 18.9 Å². The normalized spacial score (nSPS) is 17.2. The highest BCUT2D eigenvalue weighted by molar-refractivity contribution is 6.12. The van der Waals surface area contributed by atoms with Crippen LogP contribution in [0.3, 0.4) is 0 Å². The minimum atomic E-state index is -0.541. The number of amides is 3. The van der Waals surface area contributed by atoms with Crippen molar-refractivity contribution in [1.29, 1.82) is 0 Å². The quantitative estimate of drug-likeness (QED) is 0.515. The van der Waals surface area contributed by atoms with E-state index in [9.17, 15) is 9.59 Å². The number of urea groups is 1. The molecule has 0 spiro atoms. The molecule has 34 heavy (non-hydrogen) atoms. The van der Waals surface area contributed by atoms with Gasteiger partial charge in [0.1, 0.15) is 13.2 Å². The fourth-order valence-electron chi connectivity index (χ4n) is 3.88. The van der Waals surface area contributed by atoms with Crippen molar-refractivity contribution in [1.82, 2.24) is 14.9 Å². The number of hydrogen-bond donors (Lipinski definition) is 0. The molecule has 1 aromatic carbocycles. The van der Waals surface area contributed by atoms with E-state index in [1.54, 1.807) is 31.4 Å². The van der Waals surface area contributed by atoms with Crippen LogP contribution in [0.5, 0.6) is 23.3 Å². The zero-order valence-electron chi connectivity index (χ0n) is 18.6. The van der Waals surface area contributed by atoms with E-state index in [1.807, 2.05) is 24.3 Å². The summed E-state index contributed by atoms with van der Waals surface area (Å²) in [6.07, 6.45) is 0.957. The third-order valence-electron chi connectivity index (χ3n) is 5.58. The molecule has 0 radical (unpaired) electrons. The number of fused-ring (bicyclic) bond motifs is 1. The average Bonchev–Trinajstić information content (AvgIpc) is 3.16. The van der Waals surface area contributed by atoms with Crippen molar-refractivity contribution in [2.75, 3.05) is 38.8 Å². The lowest BCUT2D eigenvalue weighted by Crippen LogP contribution is -2.44. The number of pyridine rings is 2. The summed E-state index contributed by atoms with van der Waals surface area (Å²) in [4.78, 5) is 36.8. The summed E-state index contributed by atoms with van der Waals surface area (Å²) >= 11 is 0. The number of anilines is 1. The van der Waals surface area contributed by atoms with Crippen molar-refractivity contribution in [3.63, 3.8) is 0 Å². The number of carbonyl (C=O) groups is 2. The zero-order chi connectivity index (χ0) is 23.7. The lowest BCUT2D eigenvalue weighted by Gasteiger charge is -2.30. The molecular weight excluding hydrogens is 440 g/mol. The van der Waals surface area contributed by atoms with Crippen LogP contribution >= 0.6 is 0 Å². The fraction of sp³-hybridized carbons (Fsp3) is 0.250. The van der Waals surface area contributed by atoms with Crippen LogP contribution in [-0.2, 0) is 4.79 Å². The maximum absolute atomic E-state index is 13.0. The van der Waals surface area contributed by atoms with E-state index >= 15 is 0 Å². The van der Waals surface area contributed by atoms with E-state index in [4.69, 9.17) is 18.9 Å². The van der Waals surface area contributed by atoms with Gasteiger partial charge in [0, 0.05) is 17.7 Å². The molecular formula is C24H22N4O6. The minimum Gasteiger partial charge on any atom is -0.486 e. The molecule has 0 N–H and O–H groups in total. The first-order valence-electron chi connectivity index (χ1n) is 10.6. The molecule has 3 amide bonds. The number of hydrogen-bond acceptors (Lipinski definition) is 8. The summed E-state index contributed by atoms with van der Waals surface area (Å²) in [6, 6.07) is 13.9. The highest BCUT2D eigenvalue weighted by Crippen LogP contribution is 2.41. The maximum Gasteiger partial charge on any atom is 0.331 e. The van der Waals surface area contributed by atoms with E-state index < -0.39 is 12.1 Å². The largest absolute Gasteiger partial charge is 0.486 e. The Bertz CT molecular complexity index is 1230. The highest BCUT2D eigenvalue weighted by atomic mass is 16.6. The molecule has 0 aliphatic carbocycles. The molecule has 1 unspecified atom stereocenters. The second kappa shape index (κ2) is 8.89. The summed E-state index contributed by atoms with van der Waals surface area (Å²) in [5.74, 6) is 1.66. The Morgan fingerprint density at radius 1 is 1.03 bits per heavy atom. The van der Waals surface area contributed by atoms with Gasteiger partial charge in [-0.2, -0.15) is 0 Å². The molecule has 1 atom stereocenters. The number of para-hydroxylation sites is 1. The lowest BCUT2D eigenvalue weighted by molar-refractivity contribution is -0.126. The number of ether oxygens (including phenoxy) is 4. The van der Waals surface area contributed by atoms with Gasteiger partial charge in [0.15, 0.2) is 17.6 Å². The lowest BCUT2D eigenvalue weighted by atomic mass is 10.1. The van der Waals surface area contributed by atoms with Gasteiger partial charge in [-0.15, -0.1) is 0 Å². The Morgan fingerprint density at radius 3 is 2.62 bits per heavy atom. The Balaban J connectivity index is 1.34.